The molecular weight excluding hydrogens is 236 g/mol. The van der Waals surface area contributed by atoms with Crippen molar-refractivity contribution in [2.45, 2.75) is 6.92 Å². The van der Waals surface area contributed by atoms with E-state index in [0.717, 1.165) is 0 Å². The molecule has 0 aliphatic heterocycles. The van der Waals surface area contributed by atoms with Gasteiger partial charge in [-0.1, -0.05) is 54.6 Å². The average Bonchev–Trinajstić information content (AvgIpc) is 2.79. The predicted molar refractivity (Wildman–Crippen MR) is 81.6 cm³/mol. The zero-order valence-corrected chi connectivity index (χ0v) is 10.9. The van der Waals surface area contributed by atoms with Gasteiger partial charge in [0.2, 0.25) is 0 Å². The third-order valence-electron chi connectivity index (χ3n) is 3.59. The maximum absolute atomic E-state index is 2.26. The summed E-state index contributed by atoms with van der Waals surface area (Å²) < 4.78 is 2.83. The van der Waals surface area contributed by atoms with Crippen LogP contribution in [0.25, 0.3) is 30.9 Å². The molecular formula is C17H12S. The van der Waals surface area contributed by atoms with Crippen LogP contribution in [0.3, 0.4) is 0 Å². The minimum Gasteiger partial charge on any atom is -0.134 e. The van der Waals surface area contributed by atoms with Gasteiger partial charge in [0.05, 0.1) is 0 Å². The number of aryl methyl sites for hydroxylation is 1. The Labute approximate surface area is 109 Å². The first-order valence-corrected chi connectivity index (χ1v) is 6.96. The molecule has 86 valence electrons. The van der Waals surface area contributed by atoms with Gasteiger partial charge in [-0.3, -0.25) is 0 Å². The Morgan fingerprint density at radius 3 is 2.39 bits per heavy atom. The van der Waals surface area contributed by atoms with E-state index in [1.807, 2.05) is 11.3 Å². The number of rotatable bonds is 0. The molecule has 1 heteroatoms. The van der Waals surface area contributed by atoms with E-state index in [-0.39, 0.29) is 0 Å². The third kappa shape index (κ3) is 1.25. The van der Waals surface area contributed by atoms with Gasteiger partial charge in [0, 0.05) is 20.2 Å². The normalized spacial score (nSPS) is 11.6. The summed E-state index contributed by atoms with van der Waals surface area (Å²) in [5, 5.41) is 5.47. The minimum atomic E-state index is 1.33. The second-order valence-electron chi connectivity index (χ2n) is 4.72. The highest BCUT2D eigenvalue weighted by atomic mass is 32.1. The van der Waals surface area contributed by atoms with Crippen LogP contribution in [-0.2, 0) is 0 Å². The van der Waals surface area contributed by atoms with Gasteiger partial charge >= 0.3 is 0 Å². The molecule has 0 radical (unpaired) electrons. The Hall–Kier alpha value is -1.86. The van der Waals surface area contributed by atoms with E-state index in [1.54, 1.807) is 0 Å². The lowest BCUT2D eigenvalue weighted by Crippen LogP contribution is -1.72. The van der Waals surface area contributed by atoms with Crippen LogP contribution in [0.4, 0.5) is 0 Å². The second kappa shape index (κ2) is 3.56. The van der Waals surface area contributed by atoms with Gasteiger partial charge in [-0.15, -0.1) is 11.3 Å². The van der Waals surface area contributed by atoms with Crippen LogP contribution in [0.5, 0.6) is 0 Å². The zero-order chi connectivity index (χ0) is 12.1. The van der Waals surface area contributed by atoms with E-state index in [0.29, 0.717) is 0 Å². The summed E-state index contributed by atoms with van der Waals surface area (Å²) in [7, 11) is 0. The second-order valence-corrected chi connectivity index (χ2v) is 5.74. The van der Waals surface area contributed by atoms with Crippen molar-refractivity contribution >= 4 is 42.3 Å². The topological polar surface area (TPSA) is 0 Å². The van der Waals surface area contributed by atoms with E-state index in [4.69, 9.17) is 0 Å². The van der Waals surface area contributed by atoms with Gasteiger partial charge in [0.1, 0.15) is 0 Å². The van der Waals surface area contributed by atoms with E-state index >= 15 is 0 Å². The maximum Gasteiger partial charge on any atom is 0.0433 e. The number of thiophene rings is 1. The molecule has 1 aromatic heterocycles. The molecule has 18 heavy (non-hydrogen) atoms. The van der Waals surface area contributed by atoms with E-state index in [2.05, 4.69) is 61.5 Å². The van der Waals surface area contributed by atoms with E-state index in [9.17, 15) is 0 Å². The molecule has 0 aliphatic carbocycles. The summed E-state index contributed by atoms with van der Waals surface area (Å²) in [5.74, 6) is 0. The highest BCUT2D eigenvalue weighted by molar-refractivity contribution is 7.26. The minimum absolute atomic E-state index is 1.33. The largest absolute Gasteiger partial charge is 0.134 e. The molecule has 0 spiro atoms. The molecule has 4 rings (SSSR count). The van der Waals surface area contributed by atoms with Crippen molar-refractivity contribution in [1.82, 2.24) is 0 Å². The van der Waals surface area contributed by atoms with Gasteiger partial charge in [-0.05, 0) is 23.3 Å². The first kappa shape index (κ1) is 10.1. The number of hydrogen-bond donors (Lipinski definition) is 0. The SMILES string of the molecule is Cc1cccc2c1sc1c3ccccc3ccc21. The first-order chi connectivity index (χ1) is 8.84. The maximum atomic E-state index is 2.26. The Morgan fingerprint density at radius 1 is 0.667 bits per heavy atom. The Bertz CT molecular complexity index is 884. The number of fused-ring (bicyclic) bond motifs is 5. The van der Waals surface area contributed by atoms with Crippen molar-refractivity contribution in [1.29, 1.82) is 0 Å². The average molecular weight is 248 g/mol. The zero-order valence-electron chi connectivity index (χ0n) is 10.1. The van der Waals surface area contributed by atoms with E-state index in [1.165, 1.54) is 36.5 Å². The quantitative estimate of drug-likeness (QED) is 0.384. The van der Waals surface area contributed by atoms with Crippen molar-refractivity contribution < 1.29 is 0 Å². The Morgan fingerprint density at radius 2 is 1.44 bits per heavy atom. The predicted octanol–water partition coefficient (Wildman–Crippen LogP) is 5.52. The highest BCUT2D eigenvalue weighted by Crippen LogP contribution is 2.39. The summed E-state index contributed by atoms with van der Waals surface area (Å²) in [6.07, 6.45) is 0. The molecule has 0 atom stereocenters. The standard InChI is InChI=1S/C17H12S/c1-11-5-4-8-14-15-10-9-12-6-2-3-7-13(12)17(15)18-16(11)14/h2-10H,1H3. The fourth-order valence-corrected chi connectivity index (χ4v) is 3.97. The van der Waals surface area contributed by atoms with E-state index < -0.39 is 0 Å². The van der Waals surface area contributed by atoms with Crippen molar-refractivity contribution in [3.8, 4) is 0 Å². The number of hydrogen-bond acceptors (Lipinski definition) is 1. The van der Waals surface area contributed by atoms with Crippen molar-refractivity contribution in [2.75, 3.05) is 0 Å². The van der Waals surface area contributed by atoms with Crippen molar-refractivity contribution in [3.63, 3.8) is 0 Å². The molecule has 1 heterocycles. The van der Waals surface area contributed by atoms with Gasteiger partial charge in [-0.2, -0.15) is 0 Å². The smallest absolute Gasteiger partial charge is 0.0433 e. The molecule has 0 N–H and O–H groups in total. The van der Waals surface area contributed by atoms with Gasteiger partial charge in [0.25, 0.3) is 0 Å². The molecule has 4 aromatic rings. The van der Waals surface area contributed by atoms with Crippen LogP contribution >= 0.6 is 11.3 Å². The lowest BCUT2D eigenvalue weighted by molar-refractivity contribution is 1.56. The summed E-state index contributed by atoms with van der Waals surface area (Å²) >= 11 is 1.92. The van der Waals surface area contributed by atoms with Crippen LogP contribution in [0.2, 0.25) is 0 Å². The molecule has 0 aliphatic rings. The molecule has 0 fully saturated rings. The summed E-state index contributed by atoms with van der Waals surface area (Å²) in [6, 6.07) is 19.7. The van der Waals surface area contributed by atoms with Crippen LogP contribution in [-0.4, -0.2) is 0 Å². The highest BCUT2D eigenvalue weighted by Gasteiger charge is 2.08. The van der Waals surface area contributed by atoms with Crippen LogP contribution in [0, 0.1) is 6.92 Å². The lowest BCUT2D eigenvalue weighted by Gasteiger charge is -1.98. The Kier molecular flexibility index (Phi) is 2.00. The van der Waals surface area contributed by atoms with Crippen LogP contribution < -0.4 is 0 Å². The van der Waals surface area contributed by atoms with Crippen LogP contribution in [0.1, 0.15) is 5.56 Å². The first-order valence-electron chi connectivity index (χ1n) is 6.14. The van der Waals surface area contributed by atoms with Crippen LogP contribution in [0.15, 0.2) is 54.6 Å². The summed E-state index contributed by atoms with van der Waals surface area (Å²) in [5.41, 5.74) is 1.37. The molecule has 0 nitrogen and oxygen atoms in total. The fourth-order valence-electron chi connectivity index (χ4n) is 2.67. The monoisotopic (exact) mass is 248 g/mol. The third-order valence-corrected chi connectivity index (χ3v) is 4.98. The Balaban J connectivity index is 2.33. The molecule has 0 amide bonds. The molecule has 0 saturated heterocycles. The number of benzene rings is 3. The molecule has 0 saturated carbocycles. The van der Waals surface area contributed by atoms with Crippen molar-refractivity contribution in [2.24, 2.45) is 0 Å². The van der Waals surface area contributed by atoms with Gasteiger partial charge in [0.15, 0.2) is 0 Å². The molecule has 0 unspecified atom stereocenters. The lowest BCUT2D eigenvalue weighted by atomic mass is 10.1. The molecule has 0 bridgehead atoms. The molecule has 3 aromatic carbocycles. The van der Waals surface area contributed by atoms with Gasteiger partial charge < -0.3 is 0 Å². The summed E-state index contributed by atoms with van der Waals surface area (Å²) in [4.78, 5) is 0. The summed E-state index contributed by atoms with van der Waals surface area (Å²) in [6.45, 7) is 2.19. The fraction of sp³-hybridized carbons (Fsp3) is 0.0588. The van der Waals surface area contributed by atoms with Gasteiger partial charge in [-0.25, -0.2) is 0 Å². The van der Waals surface area contributed by atoms with Crippen molar-refractivity contribution in [3.05, 3.63) is 60.2 Å².